The molecular formula is C12H18O2. The van der Waals surface area contributed by atoms with E-state index in [-0.39, 0.29) is 6.10 Å². The van der Waals surface area contributed by atoms with Gasteiger partial charge in [0.25, 0.3) is 0 Å². The van der Waals surface area contributed by atoms with Crippen molar-refractivity contribution in [2.45, 2.75) is 51.2 Å². The summed E-state index contributed by atoms with van der Waals surface area (Å²) in [6, 6.07) is 0. The summed E-state index contributed by atoms with van der Waals surface area (Å²) in [6.07, 6.45) is 10.7. The lowest BCUT2D eigenvalue weighted by Gasteiger charge is -2.29. The number of aliphatic hydroxyl groups is 1. The van der Waals surface area contributed by atoms with Gasteiger partial charge in [-0.05, 0) is 39.5 Å². The Balaban J connectivity index is 2.74. The molecule has 1 rings (SSSR count). The summed E-state index contributed by atoms with van der Waals surface area (Å²) in [7, 11) is 0. The molecule has 1 aliphatic carbocycles. The minimum absolute atomic E-state index is 0.131. The van der Waals surface area contributed by atoms with E-state index in [0.717, 1.165) is 24.8 Å². The molecule has 14 heavy (non-hydrogen) atoms. The van der Waals surface area contributed by atoms with Gasteiger partial charge in [0.2, 0.25) is 0 Å². The standard InChI is InChI=1S/C12H18O2/c1-4-12(13)8-6-5-7-11(12)9-14-10(2)3/h1,9-10,13H,5-8H2,2-3H3/b11-9-. The molecule has 78 valence electrons. The zero-order valence-electron chi connectivity index (χ0n) is 8.92. The summed E-state index contributed by atoms with van der Waals surface area (Å²) in [4.78, 5) is 0. The highest BCUT2D eigenvalue weighted by Gasteiger charge is 2.32. The van der Waals surface area contributed by atoms with Gasteiger partial charge in [-0.2, -0.15) is 0 Å². The smallest absolute Gasteiger partial charge is 0.149 e. The van der Waals surface area contributed by atoms with Crippen molar-refractivity contribution in [2.24, 2.45) is 0 Å². The van der Waals surface area contributed by atoms with Crippen molar-refractivity contribution >= 4 is 0 Å². The van der Waals surface area contributed by atoms with Crippen LogP contribution in [-0.4, -0.2) is 16.8 Å². The average molecular weight is 194 g/mol. The SMILES string of the molecule is C#CC1(O)CCCC/C1=C/OC(C)C. The second-order valence-corrected chi connectivity index (χ2v) is 4.04. The van der Waals surface area contributed by atoms with Gasteiger partial charge in [-0.1, -0.05) is 5.92 Å². The molecule has 1 aliphatic rings. The van der Waals surface area contributed by atoms with E-state index in [4.69, 9.17) is 11.2 Å². The second kappa shape index (κ2) is 4.52. The predicted molar refractivity (Wildman–Crippen MR) is 56.6 cm³/mol. The molecular weight excluding hydrogens is 176 g/mol. The van der Waals surface area contributed by atoms with E-state index in [9.17, 15) is 5.11 Å². The molecule has 0 amide bonds. The van der Waals surface area contributed by atoms with Gasteiger partial charge in [0.1, 0.15) is 5.60 Å². The molecule has 1 saturated carbocycles. The molecule has 0 heterocycles. The minimum atomic E-state index is -1.06. The first-order valence-electron chi connectivity index (χ1n) is 5.13. The molecule has 0 spiro atoms. The van der Waals surface area contributed by atoms with Gasteiger partial charge in [0.05, 0.1) is 12.4 Å². The van der Waals surface area contributed by atoms with Crippen molar-refractivity contribution in [2.75, 3.05) is 0 Å². The Morgan fingerprint density at radius 3 is 2.86 bits per heavy atom. The van der Waals surface area contributed by atoms with Gasteiger partial charge < -0.3 is 9.84 Å². The molecule has 0 aromatic rings. The normalized spacial score (nSPS) is 30.4. The number of terminal acetylenes is 1. The first kappa shape index (κ1) is 11.1. The predicted octanol–water partition coefficient (Wildman–Crippen LogP) is 2.23. The van der Waals surface area contributed by atoms with Crippen molar-refractivity contribution in [1.29, 1.82) is 0 Å². The van der Waals surface area contributed by atoms with Crippen LogP contribution in [0, 0.1) is 12.3 Å². The fourth-order valence-corrected chi connectivity index (χ4v) is 1.60. The quantitative estimate of drug-likeness (QED) is 0.539. The van der Waals surface area contributed by atoms with Crippen molar-refractivity contribution in [3.8, 4) is 12.3 Å². The van der Waals surface area contributed by atoms with E-state index < -0.39 is 5.60 Å². The number of rotatable bonds is 2. The third kappa shape index (κ3) is 2.52. The number of ether oxygens (including phenoxy) is 1. The molecule has 1 fully saturated rings. The lowest BCUT2D eigenvalue weighted by Crippen LogP contribution is -2.32. The minimum Gasteiger partial charge on any atom is -0.499 e. The van der Waals surface area contributed by atoms with Crippen LogP contribution in [0.1, 0.15) is 39.5 Å². The molecule has 0 aromatic heterocycles. The van der Waals surface area contributed by atoms with Crippen molar-refractivity contribution in [3.05, 3.63) is 11.8 Å². The van der Waals surface area contributed by atoms with E-state index in [1.54, 1.807) is 6.26 Å². The van der Waals surface area contributed by atoms with Crippen LogP contribution in [0.2, 0.25) is 0 Å². The molecule has 0 saturated heterocycles. The molecule has 0 bridgehead atoms. The van der Waals surface area contributed by atoms with Gasteiger partial charge in [0.15, 0.2) is 0 Å². The monoisotopic (exact) mass is 194 g/mol. The highest BCUT2D eigenvalue weighted by Crippen LogP contribution is 2.32. The molecule has 2 nitrogen and oxygen atoms in total. The van der Waals surface area contributed by atoms with Gasteiger partial charge in [-0.25, -0.2) is 0 Å². The van der Waals surface area contributed by atoms with Crippen LogP contribution in [0.3, 0.4) is 0 Å². The van der Waals surface area contributed by atoms with Crippen molar-refractivity contribution in [3.63, 3.8) is 0 Å². The van der Waals surface area contributed by atoms with Crippen molar-refractivity contribution in [1.82, 2.24) is 0 Å². The Hall–Kier alpha value is -0.940. The molecule has 1 unspecified atom stereocenters. The third-order valence-electron chi connectivity index (χ3n) is 2.49. The molecule has 0 radical (unpaired) electrons. The van der Waals surface area contributed by atoms with Crippen molar-refractivity contribution < 1.29 is 9.84 Å². The maximum absolute atomic E-state index is 10.1. The summed E-state index contributed by atoms with van der Waals surface area (Å²) in [5.41, 5.74) is -0.215. The first-order chi connectivity index (χ1) is 6.58. The topological polar surface area (TPSA) is 29.5 Å². The van der Waals surface area contributed by atoms with E-state index in [1.807, 2.05) is 13.8 Å². The van der Waals surface area contributed by atoms with Gasteiger partial charge in [0, 0.05) is 5.57 Å². The summed E-state index contributed by atoms with van der Waals surface area (Å²) < 4.78 is 5.36. The molecule has 2 heteroatoms. The third-order valence-corrected chi connectivity index (χ3v) is 2.49. The summed E-state index contributed by atoms with van der Waals surface area (Å²) in [5.74, 6) is 2.46. The van der Waals surface area contributed by atoms with Gasteiger partial charge in [-0.15, -0.1) is 6.42 Å². The van der Waals surface area contributed by atoms with Crippen LogP contribution in [0.15, 0.2) is 11.8 Å². The summed E-state index contributed by atoms with van der Waals surface area (Å²) in [5, 5.41) is 10.1. The van der Waals surface area contributed by atoms with E-state index in [1.165, 1.54) is 0 Å². The Labute approximate surface area is 86.0 Å². The van der Waals surface area contributed by atoms with Crippen LogP contribution in [-0.2, 0) is 4.74 Å². The molecule has 0 aliphatic heterocycles. The Morgan fingerprint density at radius 2 is 2.29 bits per heavy atom. The molecule has 0 aromatic carbocycles. The van der Waals surface area contributed by atoms with Crippen LogP contribution in [0.25, 0.3) is 0 Å². The Kier molecular flexibility index (Phi) is 3.60. The molecule has 1 atom stereocenters. The highest BCUT2D eigenvalue weighted by molar-refractivity contribution is 5.29. The van der Waals surface area contributed by atoms with Gasteiger partial charge >= 0.3 is 0 Å². The van der Waals surface area contributed by atoms with Crippen LogP contribution < -0.4 is 0 Å². The van der Waals surface area contributed by atoms with Crippen LogP contribution >= 0.6 is 0 Å². The van der Waals surface area contributed by atoms with Crippen LogP contribution in [0.4, 0.5) is 0 Å². The number of hydrogen-bond acceptors (Lipinski definition) is 2. The second-order valence-electron chi connectivity index (χ2n) is 4.04. The summed E-state index contributed by atoms with van der Waals surface area (Å²) >= 11 is 0. The fourth-order valence-electron chi connectivity index (χ4n) is 1.60. The fraction of sp³-hybridized carbons (Fsp3) is 0.667. The van der Waals surface area contributed by atoms with E-state index in [0.29, 0.717) is 6.42 Å². The maximum atomic E-state index is 10.1. The van der Waals surface area contributed by atoms with E-state index in [2.05, 4.69) is 5.92 Å². The van der Waals surface area contributed by atoms with E-state index >= 15 is 0 Å². The summed E-state index contributed by atoms with van der Waals surface area (Å²) in [6.45, 7) is 3.91. The average Bonchev–Trinajstić information content (AvgIpc) is 2.16. The molecule has 1 N–H and O–H groups in total. The lowest BCUT2D eigenvalue weighted by molar-refractivity contribution is 0.0973. The zero-order valence-corrected chi connectivity index (χ0v) is 8.92. The highest BCUT2D eigenvalue weighted by atomic mass is 16.5. The zero-order chi connectivity index (χ0) is 10.6. The largest absolute Gasteiger partial charge is 0.499 e. The Bertz CT molecular complexity index is 260. The lowest BCUT2D eigenvalue weighted by atomic mass is 9.81. The Morgan fingerprint density at radius 1 is 1.57 bits per heavy atom. The van der Waals surface area contributed by atoms with Crippen LogP contribution in [0.5, 0.6) is 0 Å². The maximum Gasteiger partial charge on any atom is 0.149 e. The first-order valence-corrected chi connectivity index (χ1v) is 5.13. The van der Waals surface area contributed by atoms with Gasteiger partial charge in [-0.3, -0.25) is 0 Å². The number of hydrogen-bond donors (Lipinski definition) is 1.